The van der Waals surface area contributed by atoms with Gasteiger partial charge in [-0.3, -0.25) is 4.79 Å². The molecule has 11 heavy (non-hydrogen) atoms. The first-order chi connectivity index (χ1) is 5.29. The number of aromatic hydroxyl groups is 1. The molecule has 4 heteroatoms. The Labute approximate surface area is 63.8 Å². The summed E-state index contributed by atoms with van der Waals surface area (Å²) in [6, 6.07) is 0. The highest BCUT2D eigenvalue weighted by molar-refractivity contribution is 5.77. The van der Waals surface area contributed by atoms with E-state index >= 15 is 0 Å². The van der Waals surface area contributed by atoms with E-state index < -0.39 is 0 Å². The van der Waals surface area contributed by atoms with Crippen LogP contribution >= 0.6 is 0 Å². The highest BCUT2D eigenvalue weighted by atomic mass is 16.3. The fourth-order valence-corrected chi connectivity index (χ4v) is 0.707. The zero-order valence-electron chi connectivity index (χ0n) is 5.82. The van der Waals surface area contributed by atoms with E-state index in [1.807, 2.05) is 0 Å². The van der Waals surface area contributed by atoms with Gasteiger partial charge in [0.05, 0.1) is 12.7 Å². The molecule has 1 rings (SSSR count). The molecule has 0 atom stereocenters. The summed E-state index contributed by atoms with van der Waals surface area (Å²) < 4.78 is 1.26. The molecule has 1 N–H and O–H groups in total. The second kappa shape index (κ2) is 3.01. The maximum absolute atomic E-state index is 10.1. The molecular formula is C7H7N2O2. The number of rotatable bonds is 3. The lowest BCUT2D eigenvalue weighted by atomic mass is 10.4. The minimum Gasteiger partial charge on any atom is -0.493 e. The van der Waals surface area contributed by atoms with Crippen molar-refractivity contribution in [2.24, 2.45) is 0 Å². The molecule has 57 valence electrons. The van der Waals surface area contributed by atoms with Crippen molar-refractivity contribution in [2.75, 3.05) is 0 Å². The first kappa shape index (κ1) is 7.53. The lowest BCUT2D eigenvalue weighted by Gasteiger charge is -1.95. The number of hydrogen-bond acceptors (Lipinski definition) is 3. The van der Waals surface area contributed by atoms with Gasteiger partial charge in [-0.1, -0.05) is 6.08 Å². The molecule has 0 aromatic carbocycles. The number of aromatic nitrogens is 2. The van der Waals surface area contributed by atoms with Crippen LogP contribution in [0.25, 0.3) is 0 Å². The van der Waals surface area contributed by atoms with Gasteiger partial charge in [-0.15, -0.1) is 6.58 Å². The van der Waals surface area contributed by atoms with Gasteiger partial charge in [0.25, 0.3) is 0 Å². The van der Waals surface area contributed by atoms with Crippen molar-refractivity contribution >= 4 is 6.29 Å². The van der Waals surface area contributed by atoms with E-state index in [9.17, 15) is 4.79 Å². The van der Waals surface area contributed by atoms with Crippen molar-refractivity contribution in [3.05, 3.63) is 24.4 Å². The van der Waals surface area contributed by atoms with Gasteiger partial charge in [0.2, 0.25) is 12.2 Å². The first-order valence-electron chi connectivity index (χ1n) is 3.03. The van der Waals surface area contributed by atoms with Crippen molar-refractivity contribution in [3.63, 3.8) is 0 Å². The molecule has 0 saturated carbocycles. The molecule has 0 aliphatic rings. The number of hydrogen-bond donors (Lipinski definition) is 1. The van der Waals surface area contributed by atoms with Gasteiger partial charge in [-0.25, -0.2) is 4.68 Å². The topological polar surface area (TPSA) is 55.1 Å². The Morgan fingerprint density at radius 1 is 1.91 bits per heavy atom. The molecule has 0 spiro atoms. The Bertz CT molecular complexity index is 278. The lowest BCUT2D eigenvalue weighted by Crippen LogP contribution is -1.95. The van der Waals surface area contributed by atoms with E-state index in [2.05, 4.69) is 11.7 Å². The minimum absolute atomic E-state index is 0.0758. The molecule has 0 aliphatic heterocycles. The van der Waals surface area contributed by atoms with Crippen LogP contribution in [0.15, 0.2) is 18.9 Å². The van der Waals surface area contributed by atoms with Crippen LogP contribution in [0.2, 0.25) is 0 Å². The van der Waals surface area contributed by atoms with Crippen LogP contribution in [0.3, 0.4) is 0 Å². The molecule has 1 aromatic heterocycles. The summed E-state index contributed by atoms with van der Waals surface area (Å²) in [5.41, 5.74) is 0.0758. The summed E-state index contributed by atoms with van der Waals surface area (Å²) >= 11 is 0. The van der Waals surface area contributed by atoms with E-state index in [1.165, 1.54) is 10.9 Å². The van der Waals surface area contributed by atoms with E-state index in [0.717, 1.165) is 0 Å². The van der Waals surface area contributed by atoms with Crippen molar-refractivity contribution in [3.8, 4) is 5.88 Å². The van der Waals surface area contributed by atoms with Crippen LogP contribution in [-0.4, -0.2) is 21.2 Å². The summed E-state index contributed by atoms with van der Waals surface area (Å²) in [5, 5.41) is 12.9. The van der Waals surface area contributed by atoms with Crippen molar-refractivity contribution in [1.82, 2.24) is 9.78 Å². The van der Waals surface area contributed by atoms with Gasteiger partial charge < -0.3 is 5.11 Å². The summed E-state index contributed by atoms with van der Waals surface area (Å²) in [5.74, 6) is -0.167. The van der Waals surface area contributed by atoms with E-state index in [4.69, 9.17) is 5.11 Å². The fourth-order valence-electron chi connectivity index (χ4n) is 0.707. The second-order valence-corrected chi connectivity index (χ2v) is 1.95. The Kier molecular flexibility index (Phi) is 2.06. The monoisotopic (exact) mass is 151 g/mol. The fraction of sp³-hybridized carbons (Fsp3) is 0.143. The van der Waals surface area contributed by atoms with Gasteiger partial charge >= 0.3 is 0 Å². The summed E-state index contributed by atoms with van der Waals surface area (Å²) in [4.78, 5) is 10.1. The molecule has 1 radical (unpaired) electrons. The van der Waals surface area contributed by atoms with Crippen LogP contribution in [0.5, 0.6) is 5.88 Å². The van der Waals surface area contributed by atoms with Crippen molar-refractivity contribution in [2.45, 2.75) is 6.54 Å². The zero-order chi connectivity index (χ0) is 8.27. The first-order valence-corrected chi connectivity index (χ1v) is 3.03. The third-order valence-corrected chi connectivity index (χ3v) is 1.22. The van der Waals surface area contributed by atoms with E-state index in [1.54, 1.807) is 12.4 Å². The van der Waals surface area contributed by atoms with Gasteiger partial charge in [0.1, 0.15) is 5.56 Å². The Balaban J connectivity index is 2.99. The molecule has 0 aliphatic carbocycles. The molecule has 0 fully saturated rings. The van der Waals surface area contributed by atoms with Crippen molar-refractivity contribution < 1.29 is 9.90 Å². The molecule has 1 aromatic rings. The molecular weight excluding hydrogens is 144 g/mol. The van der Waals surface area contributed by atoms with E-state index in [0.29, 0.717) is 6.54 Å². The number of nitrogens with zero attached hydrogens (tertiary/aromatic N) is 2. The van der Waals surface area contributed by atoms with Crippen LogP contribution in [-0.2, 0) is 11.3 Å². The molecule has 0 saturated heterocycles. The smallest absolute Gasteiger partial charge is 0.240 e. The molecule has 4 nitrogen and oxygen atoms in total. The summed E-state index contributed by atoms with van der Waals surface area (Å²) in [7, 11) is 0. The Morgan fingerprint density at radius 2 is 2.64 bits per heavy atom. The highest BCUT2D eigenvalue weighted by Crippen LogP contribution is 2.12. The minimum atomic E-state index is -0.167. The molecule has 1 heterocycles. The number of allylic oxidation sites excluding steroid dienone is 1. The SMILES string of the molecule is C=CCn1ncc([C]=O)c1O. The molecule has 0 amide bonds. The van der Waals surface area contributed by atoms with Gasteiger partial charge in [0.15, 0.2) is 0 Å². The van der Waals surface area contributed by atoms with Gasteiger partial charge in [0, 0.05) is 0 Å². The standard InChI is InChI=1S/C7H7N2O2/c1-2-3-9-7(11)6(5-10)4-8-9/h2,4,11H,1,3H2. The lowest BCUT2D eigenvalue weighted by molar-refractivity contribution is 0.409. The Hall–Kier alpha value is -1.58. The van der Waals surface area contributed by atoms with E-state index in [-0.39, 0.29) is 11.4 Å². The summed E-state index contributed by atoms with van der Waals surface area (Å²) in [6.07, 6.45) is 4.38. The molecule has 0 unspecified atom stereocenters. The van der Waals surface area contributed by atoms with Crippen LogP contribution in [0, 0.1) is 0 Å². The van der Waals surface area contributed by atoms with Crippen molar-refractivity contribution in [1.29, 1.82) is 0 Å². The van der Waals surface area contributed by atoms with Gasteiger partial charge in [-0.05, 0) is 0 Å². The van der Waals surface area contributed by atoms with Crippen LogP contribution in [0.1, 0.15) is 5.56 Å². The van der Waals surface area contributed by atoms with Gasteiger partial charge in [-0.2, -0.15) is 5.10 Å². The largest absolute Gasteiger partial charge is 0.493 e. The molecule has 0 bridgehead atoms. The maximum atomic E-state index is 10.1. The Morgan fingerprint density at radius 3 is 3.09 bits per heavy atom. The zero-order valence-corrected chi connectivity index (χ0v) is 5.82. The predicted molar refractivity (Wildman–Crippen MR) is 38.9 cm³/mol. The maximum Gasteiger partial charge on any atom is 0.240 e. The number of carbonyl (C=O) groups excluding carboxylic acids is 1. The predicted octanol–water partition coefficient (Wildman–Crippen LogP) is 0.232. The third-order valence-electron chi connectivity index (χ3n) is 1.22. The average Bonchev–Trinajstić information content (AvgIpc) is 2.34. The average molecular weight is 151 g/mol. The quantitative estimate of drug-likeness (QED) is 0.629. The van der Waals surface area contributed by atoms with Crippen LogP contribution in [0.4, 0.5) is 0 Å². The van der Waals surface area contributed by atoms with Crippen LogP contribution < -0.4 is 0 Å². The third kappa shape index (κ3) is 1.29. The second-order valence-electron chi connectivity index (χ2n) is 1.95. The summed E-state index contributed by atoms with van der Waals surface area (Å²) in [6.45, 7) is 3.84. The highest BCUT2D eigenvalue weighted by Gasteiger charge is 2.06. The normalized spacial score (nSPS) is 9.45.